The first-order chi connectivity index (χ1) is 7.18. The van der Waals surface area contributed by atoms with E-state index in [0.717, 1.165) is 17.9 Å². The Balaban J connectivity index is 2.10. The first kappa shape index (κ1) is 10.6. The van der Waals surface area contributed by atoms with Crippen LogP contribution >= 0.6 is 11.8 Å². The third-order valence-electron chi connectivity index (χ3n) is 2.54. The second-order valence-electron chi connectivity index (χ2n) is 3.58. The molecular weight excluding hydrogens is 216 g/mol. The quantitative estimate of drug-likeness (QED) is 0.825. The second-order valence-corrected chi connectivity index (χ2v) is 4.73. The van der Waals surface area contributed by atoms with E-state index < -0.39 is 12.1 Å². The van der Waals surface area contributed by atoms with E-state index in [0.29, 0.717) is 5.76 Å². The third-order valence-corrected chi connectivity index (χ3v) is 3.73. The third kappa shape index (κ3) is 2.18. The molecule has 1 aromatic heterocycles. The Labute approximate surface area is 91.3 Å². The molecule has 4 nitrogen and oxygen atoms in total. The zero-order chi connectivity index (χ0) is 10.8. The molecule has 1 saturated heterocycles. The van der Waals surface area contributed by atoms with Crippen LogP contribution in [-0.2, 0) is 0 Å². The van der Waals surface area contributed by atoms with Gasteiger partial charge >= 0.3 is 5.97 Å². The molecule has 2 unspecified atom stereocenters. The first-order valence-electron chi connectivity index (χ1n) is 4.77. The van der Waals surface area contributed by atoms with Gasteiger partial charge in [-0.2, -0.15) is 11.8 Å². The predicted molar refractivity (Wildman–Crippen MR) is 56.1 cm³/mol. The Kier molecular flexibility index (Phi) is 3.02. The van der Waals surface area contributed by atoms with E-state index in [-0.39, 0.29) is 11.7 Å². The van der Waals surface area contributed by atoms with E-state index in [1.165, 1.54) is 12.1 Å². The van der Waals surface area contributed by atoms with Crippen molar-refractivity contribution < 1.29 is 19.4 Å². The molecule has 5 heteroatoms. The molecule has 0 bridgehead atoms. The van der Waals surface area contributed by atoms with Crippen LogP contribution in [0.4, 0.5) is 0 Å². The van der Waals surface area contributed by atoms with Crippen molar-refractivity contribution in [2.24, 2.45) is 5.92 Å². The maximum Gasteiger partial charge on any atom is 0.371 e. The number of thioether (sulfide) groups is 1. The van der Waals surface area contributed by atoms with Crippen molar-refractivity contribution in [3.8, 4) is 0 Å². The molecule has 2 atom stereocenters. The smallest absolute Gasteiger partial charge is 0.371 e. The first-order valence-corrected chi connectivity index (χ1v) is 5.93. The topological polar surface area (TPSA) is 70.7 Å². The van der Waals surface area contributed by atoms with Crippen LogP contribution in [0.1, 0.15) is 28.8 Å². The lowest BCUT2D eigenvalue weighted by molar-refractivity contribution is 0.0635. The Morgan fingerprint density at radius 1 is 1.60 bits per heavy atom. The van der Waals surface area contributed by atoms with Crippen LogP contribution < -0.4 is 0 Å². The second kappa shape index (κ2) is 4.28. The SMILES string of the molecule is O=C(O)c1ccc(C(O)C2CCSC2)o1. The number of aliphatic hydroxyl groups excluding tert-OH is 1. The molecule has 0 spiro atoms. The Bertz CT molecular complexity index is 354. The largest absolute Gasteiger partial charge is 0.475 e. The van der Waals surface area contributed by atoms with E-state index in [2.05, 4.69) is 0 Å². The number of rotatable bonds is 3. The molecule has 1 aliphatic rings. The standard InChI is InChI=1S/C10H12O4S/c11-9(6-3-4-15-5-6)7-1-2-8(14-7)10(12)13/h1-2,6,9,11H,3-5H2,(H,12,13). The van der Waals surface area contributed by atoms with E-state index in [1.54, 1.807) is 11.8 Å². The van der Waals surface area contributed by atoms with E-state index in [1.807, 2.05) is 0 Å². The van der Waals surface area contributed by atoms with Crippen molar-refractivity contribution in [3.05, 3.63) is 23.7 Å². The average molecular weight is 228 g/mol. The van der Waals surface area contributed by atoms with Gasteiger partial charge in [0.2, 0.25) is 5.76 Å². The number of carbonyl (C=O) groups is 1. The average Bonchev–Trinajstić information content (AvgIpc) is 2.88. The lowest BCUT2D eigenvalue weighted by atomic mass is 10.0. The van der Waals surface area contributed by atoms with Gasteiger partial charge < -0.3 is 14.6 Å². The van der Waals surface area contributed by atoms with Gasteiger partial charge in [-0.3, -0.25) is 0 Å². The maximum atomic E-state index is 10.6. The van der Waals surface area contributed by atoms with Gasteiger partial charge in [0, 0.05) is 5.92 Å². The van der Waals surface area contributed by atoms with Crippen molar-refractivity contribution in [1.82, 2.24) is 0 Å². The summed E-state index contributed by atoms with van der Waals surface area (Å²) in [5.74, 6) is 1.28. The molecule has 1 aliphatic heterocycles. The summed E-state index contributed by atoms with van der Waals surface area (Å²) in [6, 6.07) is 2.92. The van der Waals surface area contributed by atoms with Crippen LogP contribution in [0.15, 0.2) is 16.5 Å². The number of aliphatic hydroxyl groups is 1. The van der Waals surface area contributed by atoms with Crippen LogP contribution in [0.5, 0.6) is 0 Å². The van der Waals surface area contributed by atoms with Crippen LogP contribution in [0.2, 0.25) is 0 Å². The van der Waals surface area contributed by atoms with Gasteiger partial charge in [0.15, 0.2) is 0 Å². The van der Waals surface area contributed by atoms with E-state index in [9.17, 15) is 9.90 Å². The number of aromatic carboxylic acids is 1. The molecule has 0 amide bonds. The summed E-state index contributed by atoms with van der Waals surface area (Å²) in [6.07, 6.45) is 0.280. The van der Waals surface area contributed by atoms with Crippen LogP contribution in [0.25, 0.3) is 0 Å². The number of carboxylic acid groups (broad SMARTS) is 1. The van der Waals surface area contributed by atoms with Crippen molar-refractivity contribution in [2.75, 3.05) is 11.5 Å². The normalized spacial score (nSPS) is 22.9. The summed E-state index contributed by atoms with van der Waals surface area (Å²) in [4.78, 5) is 10.6. The summed E-state index contributed by atoms with van der Waals surface area (Å²) in [6.45, 7) is 0. The summed E-state index contributed by atoms with van der Waals surface area (Å²) in [5, 5.41) is 18.6. The highest BCUT2D eigenvalue weighted by atomic mass is 32.2. The molecule has 0 aromatic carbocycles. The fourth-order valence-electron chi connectivity index (χ4n) is 1.66. The fourth-order valence-corrected chi connectivity index (χ4v) is 2.95. The van der Waals surface area contributed by atoms with Crippen LogP contribution in [0.3, 0.4) is 0 Å². The monoisotopic (exact) mass is 228 g/mol. The van der Waals surface area contributed by atoms with Crippen molar-refractivity contribution in [2.45, 2.75) is 12.5 Å². The molecule has 2 N–H and O–H groups in total. The van der Waals surface area contributed by atoms with Crippen LogP contribution in [0, 0.1) is 5.92 Å². The number of hydrogen-bond acceptors (Lipinski definition) is 4. The maximum absolute atomic E-state index is 10.6. The summed E-state index contributed by atoms with van der Waals surface area (Å²) < 4.78 is 5.06. The highest BCUT2D eigenvalue weighted by Gasteiger charge is 2.27. The summed E-state index contributed by atoms with van der Waals surface area (Å²) >= 11 is 1.80. The molecule has 2 heterocycles. The van der Waals surface area contributed by atoms with E-state index >= 15 is 0 Å². The molecule has 0 aliphatic carbocycles. The minimum Gasteiger partial charge on any atom is -0.475 e. The lowest BCUT2D eigenvalue weighted by Crippen LogP contribution is -2.10. The summed E-state index contributed by atoms with van der Waals surface area (Å²) in [5.41, 5.74) is 0. The Morgan fingerprint density at radius 3 is 2.93 bits per heavy atom. The minimum atomic E-state index is -1.10. The Hall–Kier alpha value is -0.940. The highest BCUT2D eigenvalue weighted by Crippen LogP contribution is 2.34. The van der Waals surface area contributed by atoms with Gasteiger partial charge in [0.25, 0.3) is 0 Å². The van der Waals surface area contributed by atoms with Gasteiger partial charge in [0.05, 0.1) is 0 Å². The molecule has 1 fully saturated rings. The number of furan rings is 1. The van der Waals surface area contributed by atoms with Gasteiger partial charge in [-0.1, -0.05) is 0 Å². The molecule has 15 heavy (non-hydrogen) atoms. The molecule has 0 radical (unpaired) electrons. The van der Waals surface area contributed by atoms with Gasteiger partial charge in [0.1, 0.15) is 11.9 Å². The lowest BCUT2D eigenvalue weighted by Gasteiger charge is -2.13. The molecule has 82 valence electrons. The molecule has 2 rings (SSSR count). The predicted octanol–water partition coefficient (Wildman–Crippen LogP) is 1.76. The van der Waals surface area contributed by atoms with Gasteiger partial charge in [-0.05, 0) is 30.1 Å². The van der Waals surface area contributed by atoms with Crippen molar-refractivity contribution in [3.63, 3.8) is 0 Å². The zero-order valence-corrected chi connectivity index (χ0v) is 8.87. The molecule has 1 aromatic rings. The summed E-state index contributed by atoms with van der Waals surface area (Å²) in [7, 11) is 0. The number of hydrogen-bond donors (Lipinski definition) is 2. The Morgan fingerprint density at radius 2 is 2.40 bits per heavy atom. The zero-order valence-electron chi connectivity index (χ0n) is 8.05. The number of carboxylic acids is 1. The molecule has 0 saturated carbocycles. The minimum absolute atomic E-state index is 0.116. The van der Waals surface area contributed by atoms with Crippen molar-refractivity contribution in [1.29, 1.82) is 0 Å². The highest BCUT2D eigenvalue weighted by molar-refractivity contribution is 7.99. The van der Waals surface area contributed by atoms with Gasteiger partial charge in [-0.15, -0.1) is 0 Å². The van der Waals surface area contributed by atoms with E-state index in [4.69, 9.17) is 9.52 Å². The van der Waals surface area contributed by atoms with Crippen molar-refractivity contribution >= 4 is 17.7 Å². The van der Waals surface area contributed by atoms with Crippen LogP contribution in [-0.4, -0.2) is 27.7 Å². The fraction of sp³-hybridized carbons (Fsp3) is 0.500. The van der Waals surface area contributed by atoms with Gasteiger partial charge in [-0.25, -0.2) is 4.79 Å². The molecular formula is C10H12O4S.